The number of amides is 1. The monoisotopic (exact) mass is 530 g/mol. The number of carbonyl (C=O) groups is 1. The Balaban J connectivity index is 1.76. The summed E-state index contributed by atoms with van der Waals surface area (Å²) in [4.78, 5) is 14.9. The van der Waals surface area contributed by atoms with Gasteiger partial charge in [-0.1, -0.05) is 63.3 Å². The van der Waals surface area contributed by atoms with Crippen LogP contribution in [0.5, 0.6) is 11.5 Å². The lowest BCUT2D eigenvalue weighted by Gasteiger charge is -2.12. The first-order chi connectivity index (χ1) is 17.4. The number of ether oxygens (including phenoxy) is 2. The number of amidine groups is 1. The molecule has 0 bridgehead atoms. The minimum absolute atomic E-state index is 0.0846. The highest BCUT2D eigenvalue weighted by molar-refractivity contribution is 8.19. The predicted molar refractivity (Wildman–Crippen MR) is 146 cm³/mol. The molecule has 9 heteroatoms. The number of hydrogen-bond acceptors (Lipinski definition) is 6. The maximum absolute atomic E-state index is 13.0. The van der Waals surface area contributed by atoms with E-state index in [2.05, 4.69) is 11.3 Å². The van der Waals surface area contributed by atoms with Crippen LogP contribution in [0.1, 0.15) is 57.9 Å². The molecule has 0 radical (unpaired) electrons. The normalized spacial score (nSPS) is 16.2. The van der Waals surface area contributed by atoms with Crippen molar-refractivity contribution in [3.63, 3.8) is 0 Å². The number of unbranched alkanes of at least 4 members (excludes halogenated alkanes) is 5. The zero-order chi connectivity index (χ0) is 26.0. The Morgan fingerprint density at radius 3 is 2.39 bits per heavy atom. The second kappa shape index (κ2) is 13.5. The van der Waals surface area contributed by atoms with Gasteiger partial charge in [0.05, 0.1) is 23.5 Å². The molecule has 0 aromatic heterocycles. The average Bonchev–Trinajstić information content (AvgIpc) is 3.16. The Morgan fingerprint density at radius 2 is 1.69 bits per heavy atom. The number of nitrogens with zero attached hydrogens (tertiary/aromatic N) is 2. The topological polar surface area (TPSA) is 85.3 Å². The van der Waals surface area contributed by atoms with Crippen LogP contribution in [0.3, 0.4) is 0 Å². The highest BCUT2D eigenvalue weighted by Gasteiger charge is 2.34. The largest absolute Gasteiger partial charge is 0.493 e. The van der Waals surface area contributed by atoms with E-state index in [0.29, 0.717) is 29.6 Å². The summed E-state index contributed by atoms with van der Waals surface area (Å²) in [6.07, 6.45) is 8.76. The third-order valence-corrected chi connectivity index (χ3v) is 8.09. The zero-order valence-electron chi connectivity index (χ0n) is 21.1. The van der Waals surface area contributed by atoms with Crippen molar-refractivity contribution in [1.29, 1.82) is 0 Å². The van der Waals surface area contributed by atoms with E-state index in [1.54, 1.807) is 44.4 Å². The van der Waals surface area contributed by atoms with Gasteiger partial charge < -0.3 is 9.47 Å². The molecule has 0 unspecified atom stereocenters. The fourth-order valence-corrected chi connectivity index (χ4v) is 5.98. The van der Waals surface area contributed by atoms with Gasteiger partial charge in [0, 0.05) is 6.54 Å². The number of hydrogen-bond donors (Lipinski definition) is 0. The molecule has 1 saturated heterocycles. The van der Waals surface area contributed by atoms with Crippen molar-refractivity contribution >= 4 is 38.9 Å². The van der Waals surface area contributed by atoms with Crippen LogP contribution in [-0.4, -0.2) is 44.7 Å². The first-order valence-corrected chi connectivity index (χ1v) is 14.6. The Hall–Kier alpha value is -2.78. The quantitative estimate of drug-likeness (QED) is 0.229. The van der Waals surface area contributed by atoms with E-state index in [9.17, 15) is 13.2 Å². The van der Waals surface area contributed by atoms with Crippen LogP contribution >= 0.6 is 11.8 Å². The highest BCUT2D eigenvalue weighted by atomic mass is 32.2. The van der Waals surface area contributed by atoms with Crippen molar-refractivity contribution in [2.45, 2.75) is 57.3 Å². The van der Waals surface area contributed by atoms with Gasteiger partial charge in [0.1, 0.15) is 0 Å². The molecule has 1 heterocycles. The smallest absolute Gasteiger partial charge is 0.284 e. The van der Waals surface area contributed by atoms with Gasteiger partial charge in [0.15, 0.2) is 16.7 Å². The van der Waals surface area contributed by atoms with Crippen LogP contribution in [-0.2, 0) is 14.8 Å². The maximum Gasteiger partial charge on any atom is 0.284 e. The molecule has 0 N–H and O–H groups in total. The summed E-state index contributed by atoms with van der Waals surface area (Å²) in [5, 5.41) is 0.144. The molecular formula is C27H34N2O5S2. The van der Waals surface area contributed by atoms with Gasteiger partial charge in [-0.15, -0.1) is 4.40 Å². The first-order valence-electron chi connectivity index (χ1n) is 12.3. The van der Waals surface area contributed by atoms with E-state index in [4.69, 9.17) is 9.47 Å². The Bertz CT molecular complexity index is 1190. The number of likely N-dealkylation sites (N-methyl/N-ethyl adjacent to an activating group) is 1. The van der Waals surface area contributed by atoms with Gasteiger partial charge in [-0.3, -0.25) is 9.69 Å². The minimum atomic E-state index is -3.93. The Kier molecular flexibility index (Phi) is 10.4. The molecular weight excluding hydrogens is 496 g/mol. The molecule has 0 atom stereocenters. The number of thioether (sulfide) groups is 1. The van der Waals surface area contributed by atoms with Gasteiger partial charge in [-0.05, 0) is 61.0 Å². The lowest BCUT2D eigenvalue weighted by atomic mass is 10.1. The minimum Gasteiger partial charge on any atom is -0.493 e. The molecule has 194 valence electrons. The molecule has 1 aliphatic heterocycles. The summed E-state index contributed by atoms with van der Waals surface area (Å²) in [6, 6.07) is 13.5. The molecule has 7 nitrogen and oxygen atoms in total. The van der Waals surface area contributed by atoms with Gasteiger partial charge >= 0.3 is 0 Å². The van der Waals surface area contributed by atoms with E-state index in [0.717, 1.165) is 30.2 Å². The Morgan fingerprint density at radius 1 is 0.972 bits per heavy atom. The molecule has 1 amide bonds. The molecule has 36 heavy (non-hydrogen) atoms. The van der Waals surface area contributed by atoms with Crippen LogP contribution in [0.15, 0.2) is 62.7 Å². The van der Waals surface area contributed by atoms with Gasteiger partial charge in [-0.2, -0.15) is 8.42 Å². The highest BCUT2D eigenvalue weighted by Crippen LogP contribution is 2.35. The maximum atomic E-state index is 13.0. The Labute approximate surface area is 218 Å². The zero-order valence-corrected chi connectivity index (χ0v) is 22.7. The summed E-state index contributed by atoms with van der Waals surface area (Å²) in [6.45, 7) is 4.89. The summed E-state index contributed by atoms with van der Waals surface area (Å²) in [5.41, 5.74) is 0.757. The van der Waals surface area contributed by atoms with E-state index >= 15 is 0 Å². The molecule has 1 fully saturated rings. The van der Waals surface area contributed by atoms with Crippen LogP contribution in [0, 0.1) is 0 Å². The lowest BCUT2D eigenvalue weighted by Crippen LogP contribution is -2.29. The molecule has 0 saturated carbocycles. The fourth-order valence-electron chi connectivity index (χ4n) is 3.71. The van der Waals surface area contributed by atoms with Crippen molar-refractivity contribution < 1.29 is 22.7 Å². The third-order valence-electron chi connectivity index (χ3n) is 5.68. The van der Waals surface area contributed by atoms with Crippen LogP contribution in [0.4, 0.5) is 0 Å². The number of rotatable bonds is 13. The van der Waals surface area contributed by atoms with Crippen molar-refractivity contribution in [3.05, 3.63) is 59.0 Å². The third kappa shape index (κ3) is 7.36. The van der Waals surface area contributed by atoms with E-state index in [1.165, 1.54) is 42.7 Å². The van der Waals surface area contributed by atoms with Crippen LogP contribution in [0.2, 0.25) is 0 Å². The van der Waals surface area contributed by atoms with Crippen LogP contribution in [0.25, 0.3) is 6.08 Å². The molecule has 2 aromatic rings. The average molecular weight is 531 g/mol. The van der Waals surface area contributed by atoms with Gasteiger partial charge in [0.25, 0.3) is 15.9 Å². The summed E-state index contributed by atoms with van der Waals surface area (Å²) >= 11 is 1.05. The van der Waals surface area contributed by atoms with Crippen molar-refractivity contribution in [2.24, 2.45) is 4.40 Å². The molecule has 0 spiro atoms. The number of carbonyl (C=O) groups excluding carboxylic acids is 1. The molecule has 2 aromatic carbocycles. The lowest BCUT2D eigenvalue weighted by molar-refractivity contribution is -0.122. The number of methoxy groups -OCH3 is 1. The van der Waals surface area contributed by atoms with E-state index in [1.807, 2.05) is 12.1 Å². The molecule has 0 aliphatic carbocycles. The second-order valence-corrected chi connectivity index (χ2v) is 11.0. The fraction of sp³-hybridized carbons (Fsp3) is 0.407. The van der Waals surface area contributed by atoms with Gasteiger partial charge in [-0.25, -0.2) is 0 Å². The predicted octanol–water partition coefficient (Wildman–Crippen LogP) is 6.12. The first kappa shape index (κ1) is 27.8. The standard InChI is InChI=1S/C27H34N2O5S2/c1-4-6-7-8-9-13-18-34-24-19-21(16-17-23(24)33-3)20-25-26(30)29(5-2)27(35-25)28-36(31,32)22-14-11-10-12-15-22/h10-12,14-17,19-20H,4-9,13,18H2,1-3H3/b25-20-,28-27+. The summed E-state index contributed by atoms with van der Waals surface area (Å²) in [5.74, 6) is 0.957. The van der Waals surface area contributed by atoms with E-state index in [-0.39, 0.29) is 16.0 Å². The SMILES string of the molecule is CCCCCCCCOc1cc(/C=C2\S/C(=N/S(=O)(=O)c3ccccc3)N(CC)C2=O)ccc1OC. The van der Waals surface area contributed by atoms with Crippen molar-refractivity contribution in [3.8, 4) is 11.5 Å². The number of sulfonamides is 1. The molecule has 3 rings (SSSR count). The summed E-state index contributed by atoms with van der Waals surface area (Å²) in [7, 11) is -2.34. The van der Waals surface area contributed by atoms with Crippen molar-refractivity contribution in [2.75, 3.05) is 20.3 Å². The number of benzene rings is 2. The second-order valence-electron chi connectivity index (χ2n) is 8.35. The van der Waals surface area contributed by atoms with Crippen molar-refractivity contribution in [1.82, 2.24) is 4.90 Å². The van der Waals surface area contributed by atoms with Gasteiger partial charge in [0.2, 0.25) is 0 Å². The molecule has 1 aliphatic rings. The van der Waals surface area contributed by atoms with E-state index < -0.39 is 10.0 Å². The van der Waals surface area contributed by atoms with Crippen LogP contribution < -0.4 is 9.47 Å². The summed E-state index contributed by atoms with van der Waals surface area (Å²) < 4.78 is 40.9.